The van der Waals surface area contributed by atoms with E-state index in [0.717, 1.165) is 29.8 Å². The molecule has 0 aliphatic carbocycles. The lowest BCUT2D eigenvalue weighted by atomic mass is 10.1. The third kappa shape index (κ3) is 6.05. The van der Waals surface area contributed by atoms with Crippen LogP contribution in [0.1, 0.15) is 16.7 Å². The highest BCUT2D eigenvalue weighted by Crippen LogP contribution is 2.09. The minimum Gasteiger partial charge on any atom is -0.356 e. The number of guanidine groups is 1. The second-order valence-electron chi connectivity index (χ2n) is 6.31. The van der Waals surface area contributed by atoms with Crippen molar-refractivity contribution < 1.29 is 4.39 Å². The molecular formula is C21H25FIN5. The van der Waals surface area contributed by atoms with E-state index in [1.54, 1.807) is 20.0 Å². The summed E-state index contributed by atoms with van der Waals surface area (Å²) in [4.78, 5) is 4.23. The summed E-state index contributed by atoms with van der Waals surface area (Å²) in [6.07, 6.45) is 4.75. The monoisotopic (exact) mass is 493 g/mol. The number of aromatic nitrogens is 2. The predicted molar refractivity (Wildman–Crippen MR) is 122 cm³/mol. The molecule has 28 heavy (non-hydrogen) atoms. The number of aliphatic imine (C=N–C) groups is 1. The van der Waals surface area contributed by atoms with E-state index in [1.807, 2.05) is 53.5 Å². The lowest BCUT2D eigenvalue weighted by Crippen LogP contribution is -2.37. The minimum absolute atomic E-state index is 0. The summed E-state index contributed by atoms with van der Waals surface area (Å²) in [5, 5.41) is 10.9. The van der Waals surface area contributed by atoms with Crippen LogP contribution in [0.5, 0.6) is 0 Å². The average Bonchev–Trinajstić information content (AvgIpc) is 3.17. The summed E-state index contributed by atoms with van der Waals surface area (Å²) in [5.41, 5.74) is 3.86. The van der Waals surface area contributed by atoms with E-state index in [2.05, 4.69) is 20.7 Å². The Hall–Kier alpha value is -2.42. The third-order valence-electron chi connectivity index (χ3n) is 4.27. The zero-order valence-electron chi connectivity index (χ0n) is 16.0. The maximum absolute atomic E-state index is 13.3. The molecule has 7 heteroatoms. The zero-order chi connectivity index (χ0) is 19.1. The Morgan fingerprint density at radius 2 is 1.89 bits per heavy atom. The smallest absolute Gasteiger partial charge is 0.191 e. The first-order valence-electron chi connectivity index (χ1n) is 8.94. The standard InChI is InChI=1S/C21H24FN5.HI/c1-16-12-17(8-9-20(16)22)13-25-21(23-2)24-11-10-18-14-26-27(15-18)19-6-4-3-5-7-19;/h3-9,12,14-15H,10-11,13H2,1-2H3,(H2,23,24,25);1H. The molecule has 0 aliphatic rings. The van der Waals surface area contributed by atoms with Crippen LogP contribution in [0.2, 0.25) is 0 Å². The van der Waals surface area contributed by atoms with E-state index in [0.29, 0.717) is 18.1 Å². The van der Waals surface area contributed by atoms with Gasteiger partial charge in [0.05, 0.1) is 11.9 Å². The molecule has 0 atom stereocenters. The molecule has 0 spiro atoms. The van der Waals surface area contributed by atoms with Crippen molar-refractivity contribution in [3.05, 3.63) is 83.4 Å². The highest BCUT2D eigenvalue weighted by atomic mass is 127. The molecule has 0 fully saturated rings. The van der Waals surface area contributed by atoms with Gasteiger partial charge in [-0.2, -0.15) is 5.10 Å². The summed E-state index contributed by atoms with van der Waals surface area (Å²) in [6.45, 7) is 3.09. The molecular weight excluding hydrogens is 468 g/mol. The number of rotatable bonds is 6. The largest absolute Gasteiger partial charge is 0.356 e. The molecule has 0 aliphatic heterocycles. The van der Waals surface area contributed by atoms with E-state index in [9.17, 15) is 4.39 Å². The first-order valence-corrected chi connectivity index (χ1v) is 8.94. The Balaban J connectivity index is 0.00000280. The van der Waals surface area contributed by atoms with Gasteiger partial charge in [-0.25, -0.2) is 9.07 Å². The zero-order valence-corrected chi connectivity index (χ0v) is 18.4. The number of para-hydroxylation sites is 1. The van der Waals surface area contributed by atoms with Crippen molar-refractivity contribution in [3.8, 4) is 5.69 Å². The molecule has 0 bridgehead atoms. The normalized spacial score (nSPS) is 11.0. The van der Waals surface area contributed by atoms with Crippen molar-refractivity contribution in [2.24, 2.45) is 4.99 Å². The van der Waals surface area contributed by atoms with Gasteiger partial charge < -0.3 is 10.6 Å². The molecule has 0 saturated heterocycles. The second kappa shape index (κ2) is 10.8. The number of nitrogens with one attached hydrogen (secondary N) is 2. The van der Waals surface area contributed by atoms with Gasteiger partial charge in [0.25, 0.3) is 0 Å². The molecule has 3 rings (SSSR count). The maximum Gasteiger partial charge on any atom is 0.191 e. The Morgan fingerprint density at radius 1 is 1.11 bits per heavy atom. The van der Waals surface area contributed by atoms with Crippen LogP contribution in [0.15, 0.2) is 65.9 Å². The lowest BCUT2D eigenvalue weighted by Gasteiger charge is -2.12. The van der Waals surface area contributed by atoms with Crippen LogP contribution in [-0.4, -0.2) is 29.3 Å². The topological polar surface area (TPSA) is 54.2 Å². The Morgan fingerprint density at radius 3 is 2.61 bits per heavy atom. The first kappa shape index (κ1) is 21.9. The molecule has 5 nitrogen and oxygen atoms in total. The number of benzene rings is 2. The van der Waals surface area contributed by atoms with Gasteiger partial charge in [-0.3, -0.25) is 4.99 Å². The summed E-state index contributed by atoms with van der Waals surface area (Å²) in [6, 6.07) is 15.1. The summed E-state index contributed by atoms with van der Waals surface area (Å²) in [5.74, 6) is 0.532. The van der Waals surface area contributed by atoms with Gasteiger partial charge in [-0.15, -0.1) is 24.0 Å². The number of aryl methyl sites for hydroxylation is 1. The lowest BCUT2D eigenvalue weighted by molar-refractivity contribution is 0.617. The second-order valence-corrected chi connectivity index (χ2v) is 6.31. The van der Waals surface area contributed by atoms with Crippen LogP contribution in [0.25, 0.3) is 5.69 Å². The van der Waals surface area contributed by atoms with Crippen LogP contribution >= 0.6 is 24.0 Å². The van der Waals surface area contributed by atoms with Crippen molar-refractivity contribution in [1.29, 1.82) is 0 Å². The Kier molecular flexibility index (Phi) is 8.43. The van der Waals surface area contributed by atoms with Gasteiger partial charge in [0.1, 0.15) is 5.82 Å². The van der Waals surface area contributed by atoms with Gasteiger partial charge in [-0.1, -0.05) is 30.3 Å². The minimum atomic E-state index is -0.183. The first-order chi connectivity index (χ1) is 13.2. The van der Waals surface area contributed by atoms with E-state index in [-0.39, 0.29) is 29.8 Å². The highest BCUT2D eigenvalue weighted by Gasteiger charge is 2.03. The van der Waals surface area contributed by atoms with E-state index >= 15 is 0 Å². The average molecular weight is 493 g/mol. The summed E-state index contributed by atoms with van der Waals surface area (Å²) < 4.78 is 15.2. The number of hydrogen-bond acceptors (Lipinski definition) is 2. The molecule has 0 unspecified atom stereocenters. The molecule has 2 N–H and O–H groups in total. The number of halogens is 2. The van der Waals surface area contributed by atoms with Gasteiger partial charge in [-0.05, 0) is 48.2 Å². The van der Waals surface area contributed by atoms with Crippen molar-refractivity contribution >= 4 is 29.9 Å². The number of hydrogen-bond donors (Lipinski definition) is 2. The van der Waals surface area contributed by atoms with E-state index in [4.69, 9.17) is 0 Å². The predicted octanol–water partition coefficient (Wildman–Crippen LogP) is 3.85. The van der Waals surface area contributed by atoms with Gasteiger partial charge in [0.15, 0.2) is 5.96 Å². The highest BCUT2D eigenvalue weighted by molar-refractivity contribution is 14.0. The van der Waals surface area contributed by atoms with Crippen LogP contribution in [0, 0.1) is 12.7 Å². The summed E-state index contributed by atoms with van der Waals surface area (Å²) in [7, 11) is 1.73. The van der Waals surface area contributed by atoms with E-state index < -0.39 is 0 Å². The van der Waals surface area contributed by atoms with Gasteiger partial charge in [0, 0.05) is 26.3 Å². The van der Waals surface area contributed by atoms with Gasteiger partial charge >= 0.3 is 0 Å². The van der Waals surface area contributed by atoms with Crippen LogP contribution in [-0.2, 0) is 13.0 Å². The SMILES string of the molecule is CN=C(NCCc1cnn(-c2ccccc2)c1)NCc1ccc(F)c(C)c1.I. The van der Waals surface area contributed by atoms with Crippen LogP contribution < -0.4 is 10.6 Å². The van der Waals surface area contributed by atoms with Crippen molar-refractivity contribution in [2.45, 2.75) is 19.9 Å². The maximum atomic E-state index is 13.3. The fourth-order valence-corrected chi connectivity index (χ4v) is 2.76. The molecule has 1 heterocycles. The molecule has 0 saturated carbocycles. The third-order valence-corrected chi connectivity index (χ3v) is 4.27. The number of nitrogens with zero attached hydrogens (tertiary/aromatic N) is 3. The summed E-state index contributed by atoms with van der Waals surface area (Å²) >= 11 is 0. The molecule has 3 aromatic rings. The van der Waals surface area contributed by atoms with E-state index in [1.165, 1.54) is 6.07 Å². The Labute approximate surface area is 182 Å². The molecule has 148 valence electrons. The molecule has 0 amide bonds. The van der Waals surface area contributed by atoms with Crippen molar-refractivity contribution in [2.75, 3.05) is 13.6 Å². The quantitative estimate of drug-likeness (QED) is 0.312. The van der Waals surface area contributed by atoms with Crippen LogP contribution in [0.3, 0.4) is 0 Å². The fraction of sp³-hybridized carbons (Fsp3) is 0.238. The van der Waals surface area contributed by atoms with Crippen molar-refractivity contribution in [1.82, 2.24) is 20.4 Å². The Bertz CT molecular complexity index is 908. The van der Waals surface area contributed by atoms with Gasteiger partial charge in [0.2, 0.25) is 0 Å². The fourth-order valence-electron chi connectivity index (χ4n) is 2.76. The molecule has 0 radical (unpaired) electrons. The molecule has 2 aromatic carbocycles. The van der Waals surface area contributed by atoms with Crippen molar-refractivity contribution in [3.63, 3.8) is 0 Å². The molecule has 1 aromatic heterocycles. The van der Waals surface area contributed by atoms with Crippen LogP contribution in [0.4, 0.5) is 4.39 Å².